The molecule has 0 aliphatic carbocycles. The second-order valence-corrected chi connectivity index (χ2v) is 7.51. The molecule has 5 heteroatoms. The van der Waals surface area contributed by atoms with Crippen LogP contribution in [0.1, 0.15) is 23.5 Å². The number of fused-ring (bicyclic) bond motifs is 1. The molecule has 1 nitrogen and oxygen atoms in total. The molecule has 0 aliphatic rings. The van der Waals surface area contributed by atoms with Crippen LogP contribution in [0.3, 0.4) is 0 Å². The zero-order chi connectivity index (χ0) is 19.3. The smallest absolute Gasteiger partial charge is 0.287 e. The normalized spacial score (nSPS) is 12.9. The number of rotatable bonds is 6. The molecule has 140 valence electrons. The van der Waals surface area contributed by atoms with E-state index in [1.54, 1.807) is 18.2 Å². The van der Waals surface area contributed by atoms with Crippen LogP contribution in [0.2, 0.25) is 0 Å². The van der Waals surface area contributed by atoms with Gasteiger partial charge in [0.1, 0.15) is 0 Å². The fraction of sp³-hybridized carbons (Fsp3) is 0.227. The molecule has 0 unspecified atom stereocenters. The van der Waals surface area contributed by atoms with Gasteiger partial charge in [-0.3, -0.25) is 4.79 Å². The van der Waals surface area contributed by atoms with Gasteiger partial charge >= 0.3 is 6.18 Å². The van der Waals surface area contributed by atoms with Crippen LogP contribution >= 0.6 is 11.8 Å². The summed E-state index contributed by atoms with van der Waals surface area (Å²) in [4.78, 5) is 12.2. The molecule has 3 aromatic rings. The first-order valence-corrected chi connectivity index (χ1v) is 9.67. The predicted octanol–water partition coefficient (Wildman–Crippen LogP) is 6.38. The molecule has 0 saturated carbocycles. The number of hydrogen-bond acceptors (Lipinski definition) is 2. The second-order valence-electron chi connectivity index (χ2n) is 6.36. The molecular weight excluding hydrogens is 369 g/mol. The minimum Gasteiger partial charge on any atom is -0.287 e. The Morgan fingerprint density at radius 1 is 0.889 bits per heavy atom. The number of carbonyl (C=O) groups is 1. The van der Waals surface area contributed by atoms with Gasteiger partial charge in [0.25, 0.3) is 0 Å². The van der Waals surface area contributed by atoms with Crippen LogP contribution in [0, 0.1) is 0 Å². The summed E-state index contributed by atoms with van der Waals surface area (Å²) in [5, 5.41) is 1.19. The van der Waals surface area contributed by atoms with E-state index in [2.05, 4.69) is 0 Å². The van der Waals surface area contributed by atoms with Crippen molar-refractivity contribution in [2.75, 3.05) is 5.75 Å². The molecule has 0 aromatic heterocycles. The highest BCUT2D eigenvalue weighted by Gasteiger charge is 2.41. The van der Waals surface area contributed by atoms with Crippen LogP contribution in [0.4, 0.5) is 13.2 Å². The molecule has 3 aromatic carbocycles. The molecule has 3 rings (SSSR count). The van der Waals surface area contributed by atoms with Crippen LogP contribution in [0.15, 0.2) is 72.8 Å². The minimum absolute atomic E-state index is 0.137. The number of aryl methyl sites for hydroxylation is 1. The Balaban J connectivity index is 1.68. The number of benzene rings is 3. The van der Waals surface area contributed by atoms with Gasteiger partial charge in [-0.2, -0.15) is 13.2 Å². The molecular formula is C22H19F3OS. The highest BCUT2D eigenvalue weighted by molar-refractivity contribution is 8.13. The van der Waals surface area contributed by atoms with Crippen molar-refractivity contribution < 1.29 is 18.0 Å². The Labute approximate surface area is 160 Å². The van der Waals surface area contributed by atoms with Crippen molar-refractivity contribution in [2.24, 2.45) is 0 Å². The number of thioether (sulfide) groups is 1. The predicted molar refractivity (Wildman–Crippen MR) is 105 cm³/mol. The summed E-state index contributed by atoms with van der Waals surface area (Å²) < 4.78 is 40.8. The summed E-state index contributed by atoms with van der Waals surface area (Å²) in [5.74, 6) is -1.30. The van der Waals surface area contributed by atoms with Crippen LogP contribution in [0.25, 0.3) is 10.8 Å². The summed E-state index contributed by atoms with van der Waals surface area (Å²) in [6.07, 6.45) is -4.34. The Hall–Kier alpha value is -2.27. The zero-order valence-corrected chi connectivity index (χ0v) is 15.4. The van der Waals surface area contributed by atoms with Crippen molar-refractivity contribution in [3.8, 4) is 0 Å². The first kappa shape index (κ1) is 19.5. The van der Waals surface area contributed by atoms with Crippen molar-refractivity contribution >= 4 is 27.6 Å². The van der Waals surface area contributed by atoms with E-state index in [1.807, 2.05) is 42.5 Å². The van der Waals surface area contributed by atoms with E-state index in [4.69, 9.17) is 0 Å². The van der Waals surface area contributed by atoms with Crippen LogP contribution in [0.5, 0.6) is 0 Å². The van der Waals surface area contributed by atoms with Gasteiger partial charge in [0.15, 0.2) is 5.12 Å². The Kier molecular flexibility index (Phi) is 6.22. The maximum absolute atomic E-state index is 13.6. The Morgan fingerprint density at radius 2 is 1.56 bits per heavy atom. The van der Waals surface area contributed by atoms with E-state index < -0.39 is 23.6 Å². The number of hydrogen-bond donors (Lipinski definition) is 0. The SMILES string of the molecule is O=C(C[C@@H](c1ccc2ccccc2c1)C(F)(F)F)SCCc1ccccc1. The lowest BCUT2D eigenvalue weighted by Gasteiger charge is -2.20. The van der Waals surface area contributed by atoms with Crippen LogP contribution in [-0.4, -0.2) is 17.0 Å². The molecule has 0 radical (unpaired) electrons. The van der Waals surface area contributed by atoms with Crippen molar-refractivity contribution in [3.05, 3.63) is 83.9 Å². The molecule has 0 aliphatic heterocycles. The number of halogens is 3. The molecule has 1 atom stereocenters. The number of alkyl halides is 3. The van der Waals surface area contributed by atoms with E-state index in [0.29, 0.717) is 12.2 Å². The second kappa shape index (κ2) is 8.61. The Morgan fingerprint density at radius 3 is 2.26 bits per heavy atom. The van der Waals surface area contributed by atoms with Crippen molar-refractivity contribution in [1.29, 1.82) is 0 Å². The van der Waals surface area contributed by atoms with Crippen molar-refractivity contribution in [1.82, 2.24) is 0 Å². The van der Waals surface area contributed by atoms with Gasteiger partial charge in [0.2, 0.25) is 0 Å². The zero-order valence-electron chi connectivity index (χ0n) is 14.6. The fourth-order valence-electron chi connectivity index (χ4n) is 3.00. The summed E-state index contributed by atoms with van der Waals surface area (Å²) in [6.45, 7) is 0. The standard InChI is InChI=1S/C22H19F3OS/c23-22(24,25)20(19-11-10-17-8-4-5-9-18(17)14-19)15-21(26)27-13-12-16-6-2-1-3-7-16/h1-11,14,20H,12-13,15H2/t20-/m0/s1. The maximum Gasteiger partial charge on any atom is 0.396 e. The summed E-state index contributed by atoms with van der Waals surface area (Å²) in [5.41, 5.74) is 1.21. The van der Waals surface area contributed by atoms with E-state index >= 15 is 0 Å². The molecule has 0 amide bonds. The van der Waals surface area contributed by atoms with Gasteiger partial charge in [-0.05, 0) is 28.3 Å². The highest BCUT2D eigenvalue weighted by atomic mass is 32.2. The average molecular weight is 388 g/mol. The third-order valence-electron chi connectivity index (χ3n) is 4.44. The van der Waals surface area contributed by atoms with Crippen molar-refractivity contribution in [3.63, 3.8) is 0 Å². The molecule has 0 bridgehead atoms. The quantitative estimate of drug-likeness (QED) is 0.487. The fourth-order valence-corrected chi connectivity index (χ4v) is 3.85. The maximum atomic E-state index is 13.6. The minimum atomic E-state index is -4.46. The molecule has 0 fully saturated rings. The third kappa shape index (κ3) is 5.36. The van der Waals surface area contributed by atoms with Crippen LogP contribution in [-0.2, 0) is 11.2 Å². The Bertz CT molecular complexity index is 906. The van der Waals surface area contributed by atoms with Gasteiger partial charge in [-0.25, -0.2) is 0 Å². The van der Waals surface area contributed by atoms with E-state index in [9.17, 15) is 18.0 Å². The third-order valence-corrected chi connectivity index (χ3v) is 5.34. The largest absolute Gasteiger partial charge is 0.396 e. The van der Waals surface area contributed by atoms with Crippen LogP contribution < -0.4 is 0 Å². The van der Waals surface area contributed by atoms with E-state index in [1.165, 1.54) is 12.1 Å². The monoisotopic (exact) mass is 388 g/mol. The van der Waals surface area contributed by atoms with Gasteiger partial charge in [0.05, 0.1) is 5.92 Å². The van der Waals surface area contributed by atoms with Gasteiger partial charge in [-0.1, -0.05) is 84.6 Å². The first-order chi connectivity index (χ1) is 12.9. The average Bonchev–Trinajstić information content (AvgIpc) is 2.66. The van der Waals surface area contributed by atoms with E-state index in [-0.39, 0.29) is 5.56 Å². The molecule has 0 spiro atoms. The lowest BCUT2D eigenvalue weighted by atomic mass is 9.93. The first-order valence-electron chi connectivity index (χ1n) is 8.68. The summed E-state index contributed by atoms with van der Waals surface area (Å²) in [7, 11) is 0. The molecule has 0 heterocycles. The topological polar surface area (TPSA) is 17.1 Å². The summed E-state index contributed by atoms with van der Waals surface area (Å²) >= 11 is 0.975. The lowest BCUT2D eigenvalue weighted by Crippen LogP contribution is -2.23. The summed E-state index contributed by atoms with van der Waals surface area (Å²) in [6, 6.07) is 21.6. The number of carbonyl (C=O) groups excluding carboxylic acids is 1. The molecule has 27 heavy (non-hydrogen) atoms. The molecule has 0 saturated heterocycles. The van der Waals surface area contributed by atoms with Gasteiger partial charge in [0, 0.05) is 12.2 Å². The molecule has 0 N–H and O–H groups in total. The van der Waals surface area contributed by atoms with Crippen molar-refractivity contribution in [2.45, 2.75) is 24.9 Å². The van der Waals surface area contributed by atoms with E-state index in [0.717, 1.165) is 28.1 Å². The van der Waals surface area contributed by atoms with Gasteiger partial charge < -0.3 is 0 Å². The lowest BCUT2D eigenvalue weighted by molar-refractivity contribution is -0.154. The van der Waals surface area contributed by atoms with Gasteiger partial charge in [-0.15, -0.1) is 0 Å². The highest BCUT2D eigenvalue weighted by Crippen LogP contribution is 2.39.